The first-order valence-corrected chi connectivity index (χ1v) is 2.65. The van der Waals surface area contributed by atoms with Gasteiger partial charge in [0.25, 0.3) is 0 Å². The molecule has 0 aromatic carbocycles. The molecular formula is C4H13N5O4Pt. The van der Waals surface area contributed by atoms with Crippen molar-refractivity contribution in [3.05, 3.63) is 39.7 Å². The van der Waals surface area contributed by atoms with Gasteiger partial charge in [-0.2, -0.15) is 13.1 Å². The Morgan fingerprint density at radius 1 is 1.50 bits per heavy atom. The maximum absolute atomic E-state index is 8.00. The molecule has 9 nitrogen and oxygen atoms in total. The maximum Gasteiger partial charge on any atom is 4.00 e. The van der Waals surface area contributed by atoms with E-state index >= 15 is 0 Å². The minimum absolute atomic E-state index is 0. The standard InChI is InChI=1S/C2H5N2O.C2H6N2.HNO2.H2O.Pt/c1-2(3)4-5;3-1-2-4;2-1-3;;/h3-5H,1H2;3-4H,1-2H2;(H,2,3);1H2;/q-1;-2;;;+4/p-1. The summed E-state index contributed by atoms with van der Waals surface area (Å²) in [4.78, 5) is 8.00. The summed E-state index contributed by atoms with van der Waals surface area (Å²) in [6.07, 6.45) is 0. The molecule has 0 spiro atoms. The molecule has 0 heterocycles. The minimum Gasteiger partial charge on any atom is -0.679 e. The number of nitrogens with one attached hydrogen (secondary N) is 4. The molecule has 0 aliphatic carbocycles. The summed E-state index contributed by atoms with van der Waals surface area (Å²) in [6, 6.07) is 0. The zero-order valence-electron chi connectivity index (χ0n) is 7.15. The Kier molecular flexibility index (Phi) is 82.7. The first-order valence-electron chi connectivity index (χ1n) is 2.65. The van der Waals surface area contributed by atoms with Crippen LogP contribution in [0.4, 0.5) is 0 Å². The van der Waals surface area contributed by atoms with E-state index in [9.17, 15) is 0 Å². The molecule has 0 amide bonds. The molecule has 88 valence electrons. The Morgan fingerprint density at radius 2 is 1.64 bits per heavy atom. The number of rotatable bonds is 2. The van der Waals surface area contributed by atoms with Crippen molar-refractivity contribution in [1.82, 2.24) is 5.48 Å². The van der Waals surface area contributed by atoms with Crippen molar-refractivity contribution < 1.29 is 31.7 Å². The van der Waals surface area contributed by atoms with Gasteiger partial charge in [0.2, 0.25) is 0 Å². The molecule has 0 saturated carbocycles. The van der Waals surface area contributed by atoms with Gasteiger partial charge in [0, 0.05) is 0 Å². The van der Waals surface area contributed by atoms with Gasteiger partial charge in [0.05, 0.1) is 0 Å². The third-order valence-corrected chi connectivity index (χ3v) is 0.260. The Balaban J connectivity index is -0.0000000278. The largest absolute Gasteiger partial charge is 4.00 e. The molecule has 14 heavy (non-hydrogen) atoms. The van der Waals surface area contributed by atoms with Gasteiger partial charge in [-0.1, -0.05) is 12.4 Å². The van der Waals surface area contributed by atoms with Crippen LogP contribution < -0.4 is 5.48 Å². The quantitative estimate of drug-likeness (QED) is 0.526. The molecule has 0 aliphatic heterocycles. The molecule has 0 radical (unpaired) electrons. The Labute approximate surface area is 95.8 Å². The summed E-state index contributed by atoms with van der Waals surface area (Å²) in [5, 5.41) is 16.6. The predicted molar refractivity (Wildman–Crippen MR) is 49.5 cm³/mol. The van der Waals surface area contributed by atoms with E-state index in [1.165, 1.54) is 5.48 Å². The van der Waals surface area contributed by atoms with E-state index in [4.69, 9.17) is 32.5 Å². The van der Waals surface area contributed by atoms with Crippen LogP contribution in [0.25, 0.3) is 17.2 Å². The third-order valence-electron chi connectivity index (χ3n) is 0.260. The number of nitrogens with zero attached hydrogens (tertiary/aromatic N) is 1. The van der Waals surface area contributed by atoms with Crippen LogP contribution in [-0.4, -0.2) is 23.8 Å². The van der Waals surface area contributed by atoms with Crippen molar-refractivity contribution in [3.8, 4) is 0 Å². The topological polar surface area (TPSA) is 188 Å². The molecule has 0 aromatic rings. The zero-order valence-corrected chi connectivity index (χ0v) is 9.42. The van der Waals surface area contributed by atoms with Crippen molar-refractivity contribution in [2.45, 2.75) is 0 Å². The predicted octanol–water partition coefficient (Wildman–Crippen LogP) is 1.00. The number of hydrogen-bond donors (Lipinski definition) is 2. The molecule has 0 atom stereocenters. The second-order valence-corrected chi connectivity index (χ2v) is 1.16. The first kappa shape index (κ1) is 29.2. The van der Waals surface area contributed by atoms with E-state index in [1.807, 2.05) is 0 Å². The molecule has 0 unspecified atom stereocenters. The van der Waals surface area contributed by atoms with Gasteiger partial charge in [0.1, 0.15) is 0 Å². The molecule has 0 saturated heterocycles. The Bertz CT molecular complexity index is 104. The van der Waals surface area contributed by atoms with Gasteiger partial charge >= 0.3 is 21.1 Å². The van der Waals surface area contributed by atoms with Crippen LogP contribution in [0, 0.1) is 10.1 Å². The fourth-order valence-corrected chi connectivity index (χ4v) is 0. The average molecular weight is 390 g/mol. The first-order chi connectivity index (χ1) is 5.60. The van der Waals surface area contributed by atoms with Crippen LogP contribution in [0.2, 0.25) is 0 Å². The maximum atomic E-state index is 8.00. The van der Waals surface area contributed by atoms with Crippen LogP contribution in [0.3, 0.4) is 0 Å². The molecule has 0 aliphatic rings. The van der Waals surface area contributed by atoms with Crippen molar-refractivity contribution in [2.24, 2.45) is 5.34 Å². The second kappa shape index (κ2) is 39.6. The molecule has 0 rings (SSSR count). The summed E-state index contributed by atoms with van der Waals surface area (Å²) in [6.45, 7) is 3.45. The summed E-state index contributed by atoms with van der Waals surface area (Å²) in [5.74, 6) is -0.190. The van der Waals surface area contributed by atoms with Gasteiger partial charge in [-0.3, -0.25) is 0 Å². The minimum atomic E-state index is -0.190. The molecule has 10 heteroatoms. The average Bonchev–Trinajstić information content (AvgIpc) is 2.06. The molecular weight excluding hydrogens is 377 g/mol. The van der Waals surface area contributed by atoms with Crippen molar-refractivity contribution in [1.29, 1.82) is 0 Å². The van der Waals surface area contributed by atoms with E-state index in [-0.39, 0.29) is 45.5 Å². The van der Waals surface area contributed by atoms with Crippen molar-refractivity contribution in [3.63, 3.8) is 0 Å². The SMILES string of the molecule is C=C([NH-])NO.O.O=N[O-].[NH-]CC[NH-].[Pt+4]. The third kappa shape index (κ3) is 231. The summed E-state index contributed by atoms with van der Waals surface area (Å²) >= 11 is 0. The second-order valence-electron chi connectivity index (χ2n) is 1.16. The molecule has 7 N–H and O–H groups in total. The van der Waals surface area contributed by atoms with Gasteiger partial charge in [-0.05, 0) is 0 Å². The summed E-state index contributed by atoms with van der Waals surface area (Å²) in [7, 11) is 0. The normalized spacial score (nSPS) is 5.36. The Hall–Kier alpha value is -0.732. The van der Waals surface area contributed by atoms with Gasteiger partial charge < -0.3 is 43.5 Å². The summed E-state index contributed by atoms with van der Waals surface area (Å²) < 4.78 is 0. The molecule has 0 aromatic heterocycles. The van der Waals surface area contributed by atoms with Crippen molar-refractivity contribution >= 4 is 0 Å². The van der Waals surface area contributed by atoms with E-state index in [0.717, 1.165) is 5.34 Å². The zero-order chi connectivity index (χ0) is 10.4. The van der Waals surface area contributed by atoms with Crippen LogP contribution in [0.1, 0.15) is 0 Å². The van der Waals surface area contributed by atoms with Crippen LogP contribution in [0.5, 0.6) is 0 Å². The smallest absolute Gasteiger partial charge is 0.679 e. The van der Waals surface area contributed by atoms with Crippen LogP contribution in [-0.2, 0) is 21.1 Å². The number of hydroxylamine groups is 1. The fourth-order valence-electron chi connectivity index (χ4n) is 0. The van der Waals surface area contributed by atoms with E-state index in [1.54, 1.807) is 0 Å². The van der Waals surface area contributed by atoms with E-state index in [2.05, 4.69) is 6.58 Å². The van der Waals surface area contributed by atoms with Crippen LogP contribution >= 0.6 is 0 Å². The monoisotopic (exact) mass is 390 g/mol. The van der Waals surface area contributed by atoms with Gasteiger partial charge in [-0.15, -0.1) is 5.34 Å². The molecule has 0 bridgehead atoms. The Morgan fingerprint density at radius 3 is 1.64 bits per heavy atom. The van der Waals surface area contributed by atoms with Gasteiger partial charge in [0.15, 0.2) is 0 Å². The number of hydrogen-bond acceptors (Lipinski definition) is 5. The van der Waals surface area contributed by atoms with Crippen LogP contribution in [0.15, 0.2) is 17.7 Å². The fraction of sp³-hybridized carbons (Fsp3) is 0.500. The van der Waals surface area contributed by atoms with Crippen molar-refractivity contribution in [2.75, 3.05) is 13.1 Å². The molecule has 0 fully saturated rings. The van der Waals surface area contributed by atoms with Gasteiger partial charge in [-0.25, -0.2) is 0 Å². The summed E-state index contributed by atoms with van der Waals surface area (Å²) in [5.41, 5.74) is 20.3. The van der Waals surface area contributed by atoms with E-state index in [0.29, 0.717) is 0 Å². The van der Waals surface area contributed by atoms with E-state index < -0.39 is 0 Å².